The summed E-state index contributed by atoms with van der Waals surface area (Å²) in [6, 6.07) is 1.03. The van der Waals surface area contributed by atoms with Crippen LogP contribution in [0.5, 0.6) is 0 Å². The molecule has 1 heterocycles. The Kier molecular flexibility index (Phi) is 7.14. The van der Waals surface area contributed by atoms with Crippen molar-refractivity contribution in [2.24, 2.45) is 5.92 Å². The van der Waals surface area contributed by atoms with E-state index in [2.05, 4.69) is 37.9 Å². The fourth-order valence-electron chi connectivity index (χ4n) is 3.64. The third-order valence-corrected chi connectivity index (χ3v) is 4.78. The maximum Gasteiger partial charge on any atom is 0.325 e. The molecule has 1 N–H and O–H groups in total. The lowest BCUT2D eigenvalue weighted by atomic mass is 9.91. The van der Waals surface area contributed by atoms with E-state index in [4.69, 9.17) is 4.74 Å². The van der Waals surface area contributed by atoms with Crippen molar-refractivity contribution < 1.29 is 9.53 Å². The van der Waals surface area contributed by atoms with Gasteiger partial charge in [-0.05, 0) is 58.5 Å². The van der Waals surface area contributed by atoms with Crippen LogP contribution in [-0.2, 0) is 9.53 Å². The second-order valence-electron chi connectivity index (χ2n) is 7.00. The molecule has 0 aliphatic carbocycles. The van der Waals surface area contributed by atoms with Crippen LogP contribution in [0.4, 0.5) is 0 Å². The fraction of sp³-hybridized carbons (Fsp3) is 0.941. The molecule has 0 radical (unpaired) electrons. The average molecular weight is 298 g/mol. The first-order valence-corrected chi connectivity index (χ1v) is 8.45. The molecule has 0 aromatic carbocycles. The standard InChI is InChI=1S/C17H34N2O2/c1-7-10-18-17(5,16(20)21-6)12-14(4)19-11-8-9-15(19)13(2)3/h13-15,18H,7-12H2,1-6H3. The fourth-order valence-corrected chi connectivity index (χ4v) is 3.64. The molecule has 0 saturated carbocycles. The second kappa shape index (κ2) is 8.14. The predicted octanol–water partition coefficient (Wildman–Crippen LogP) is 2.82. The van der Waals surface area contributed by atoms with E-state index in [1.165, 1.54) is 20.0 Å². The van der Waals surface area contributed by atoms with Crippen molar-refractivity contribution >= 4 is 5.97 Å². The van der Waals surface area contributed by atoms with Crippen LogP contribution < -0.4 is 5.32 Å². The number of rotatable bonds is 8. The summed E-state index contributed by atoms with van der Waals surface area (Å²) in [4.78, 5) is 14.8. The molecule has 1 fully saturated rings. The van der Waals surface area contributed by atoms with Crippen LogP contribution in [-0.4, -0.2) is 48.7 Å². The maximum atomic E-state index is 12.2. The first-order chi connectivity index (χ1) is 9.85. The van der Waals surface area contributed by atoms with Gasteiger partial charge in [-0.2, -0.15) is 0 Å². The third-order valence-electron chi connectivity index (χ3n) is 4.78. The predicted molar refractivity (Wildman–Crippen MR) is 87.4 cm³/mol. The maximum absolute atomic E-state index is 12.2. The second-order valence-corrected chi connectivity index (χ2v) is 7.00. The smallest absolute Gasteiger partial charge is 0.325 e. The van der Waals surface area contributed by atoms with E-state index in [1.54, 1.807) is 0 Å². The zero-order valence-corrected chi connectivity index (χ0v) is 14.7. The number of methoxy groups -OCH3 is 1. The molecular weight excluding hydrogens is 264 g/mol. The van der Waals surface area contributed by atoms with Gasteiger partial charge in [0.25, 0.3) is 0 Å². The van der Waals surface area contributed by atoms with Crippen LogP contribution in [0.1, 0.15) is 60.3 Å². The molecule has 3 unspecified atom stereocenters. The van der Waals surface area contributed by atoms with Crippen molar-refractivity contribution in [2.75, 3.05) is 20.2 Å². The van der Waals surface area contributed by atoms with Crippen molar-refractivity contribution in [1.29, 1.82) is 0 Å². The van der Waals surface area contributed by atoms with Gasteiger partial charge in [0, 0.05) is 12.1 Å². The zero-order valence-electron chi connectivity index (χ0n) is 14.7. The SMILES string of the molecule is CCCNC(C)(CC(C)N1CCCC1C(C)C)C(=O)OC. The van der Waals surface area contributed by atoms with E-state index >= 15 is 0 Å². The number of carbonyl (C=O) groups excluding carboxylic acids is 1. The van der Waals surface area contributed by atoms with Crippen LogP contribution in [0.25, 0.3) is 0 Å². The molecule has 0 bridgehead atoms. The van der Waals surface area contributed by atoms with E-state index in [9.17, 15) is 4.79 Å². The largest absolute Gasteiger partial charge is 0.468 e. The molecule has 1 saturated heterocycles. The van der Waals surface area contributed by atoms with Gasteiger partial charge in [-0.15, -0.1) is 0 Å². The Morgan fingerprint density at radius 2 is 2.10 bits per heavy atom. The van der Waals surface area contributed by atoms with Gasteiger partial charge in [0.05, 0.1) is 7.11 Å². The summed E-state index contributed by atoms with van der Waals surface area (Å²) in [6.45, 7) is 12.9. The normalized spacial score (nSPS) is 24.0. The molecule has 0 amide bonds. The molecule has 4 heteroatoms. The van der Waals surface area contributed by atoms with E-state index in [0.717, 1.165) is 25.9 Å². The quantitative estimate of drug-likeness (QED) is 0.700. The van der Waals surface area contributed by atoms with E-state index < -0.39 is 5.54 Å². The van der Waals surface area contributed by atoms with Gasteiger partial charge in [0.15, 0.2) is 0 Å². The van der Waals surface area contributed by atoms with Gasteiger partial charge in [-0.3, -0.25) is 9.69 Å². The van der Waals surface area contributed by atoms with Gasteiger partial charge in [0.1, 0.15) is 5.54 Å². The first kappa shape index (κ1) is 18.4. The monoisotopic (exact) mass is 298 g/mol. The number of nitrogens with one attached hydrogen (secondary N) is 1. The van der Waals surface area contributed by atoms with Gasteiger partial charge in [-0.25, -0.2) is 0 Å². The lowest BCUT2D eigenvalue weighted by Crippen LogP contribution is -2.55. The van der Waals surface area contributed by atoms with Crippen molar-refractivity contribution in [3.63, 3.8) is 0 Å². The molecule has 0 aromatic heterocycles. The van der Waals surface area contributed by atoms with Crippen molar-refractivity contribution in [3.8, 4) is 0 Å². The number of likely N-dealkylation sites (tertiary alicyclic amines) is 1. The molecule has 1 rings (SSSR count). The molecule has 3 atom stereocenters. The highest BCUT2D eigenvalue weighted by Gasteiger charge is 2.39. The van der Waals surface area contributed by atoms with Crippen molar-refractivity contribution in [1.82, 2.24) is 10.2 Å². The lowest BCUT2D eigenvalue weighted by Gasteiger charge is -2.38. The summed E-state index contributed by atoms with van der Waals surface area (Å²) in [5.74, 6) is 0.519. The summed E-state index contributed by atoms with van der Waals surface area (Å²) in [7, 11) is 1.48. The Hall–Kier alpha value is -0.610. The molecule has 1 aliphatic heterocycles. The first-order valence-electron chi connectivity index (χ1n) is 8.45. The summed E-state index contributed by atoms with van der Waals surface area (Å²) >= 11 is 0. The Labute approximate surface area is 130 Å². The summed E-state index contributed by atoms with van der Waals surface area (Å²) in [6.07, 6.45) is 4.35. The van der Waals surface area contributed by atoms with E-state index in [-0.39, 0.29) is 5.97 Å². The average Bonchev–Trinajstić information content (AvgIpc) is 2.93. The Morgan fingerprint density at radius 1 is 1.43 bits per heavy atom. The minimum atomic E-state index is -0.589. The summed E-state index contributed by atoms with van der Waals surface area (Å²) in [5, 5.41) is 3.39. The number of ether oxygens (including phenoxy) is 1. The highest BCUT2D eigenvalue weighted by atomic mass is 16.5. The Bertz CT molecular complexity index is 333. The third kappa shape index (κ3) is 4.68. The molecule has 1 aliphatic rings. The number of hydrogen-bond donors (Lipinski definition) is 1. The van der Waals surface area contributed by atoms with Crippen LogP contribution >= 0.6 is 0 Å². The van der Waals surface area contributed by atoms with Crippen molar-refractivity contribution in [2.45, 2.75) is 77.9 Å². The molecular formula is C17H34N2O2. The molecule has 4 nitrogen and oxygen atoms in total. The minimum Gasteiger partial charge on any atom is -0.468 e. The molecule has 21 heavy (non-hydrogen) atoms. The Morgan fingerprint density at radius 3 is 2.62 bits per heavy atom. The van der Waals surface area contributed by atoms with Crippen LogP contribution in [0.2, 0.25) is 0 Å². The number of esters is 1. The molecule has 0 aromatic rings. The van der Waals surface area contributed by atoms with Crippen molar-refractivity contribution in [3.05, 3.63) is 0 Å². The summed E-state index contributed by atoms with van der Waals surface area (Å²) in [5.41, 5.74) is -0.589. The topological polar surface area (TPSA) is 41.6 Å². The van der Waals surface area contributed by atoms with Gasteiger partial charge in [0.2, 0.25) is 0 Å². The number of nitrogens with zero attached hydrogens (tertiary/aromatic N) is 1. The van der Waals surface area contributed by atoms with Crippen LogP contribution in [0.3, 0.4) is 0 Å². The zero-order chi connectivity index (χ0) is 16.0. The minimum absolute atomic E-state index is 0.150. The van der Waals surface area contributed by atoms with Gasteiger partial charge < -0.3 is 10.1 Å². The lowest BCUT2D eigenvalue weighted by molar-refractivity contribution is -0.148. The van der Waals surface area contributed by atoms with Crippen LogP contribution in [0.15, 0.2) is 0 Å². The number of hydrogen-bond acceptors (Lipinski definition) is 4. The highest BCUT2D eigenvalue weighted by Crippen LogP contribution is 2.29. The highest BCUT2D eigenvalue weighted by molar-refractivity contribution is 5.80. The van der Waals surface area contributed by atoms with E-state index in [1.807, 2.05) is 6.92 Å². The van der Waals surface area contributed by atoms with Gasteiger partial charge >= 0.3 is 5.97 Å². The number of carbonyl (C=O) groups is 1. The van der Waals surface area contributed by atoms with Gasteiger partial charge in [-0.1, -0.05) is 20.8 Å². The summed E-state index contributed by atoms with van der Waals surface area (Å²) < 4.78 is 5.03. The Balaban J connectivity index is 2.75. The molecule has 124 valence electrons. The van der Waals surface area contributed by atoms with E-state index in [0.29, 0.717) is 18.0 Å². The molecule has 0 spiro atoms. The van der Waals surface area contributed by atoms with Crippen LogP contribution in [0, 0.1) is 5.92 Å².